The lowest BCUT2D eigenvalue weighted by atomic mass is 10.2. The molecule has 0 bridgehead atoms. The summed E-state index contributed by atoms with van der Waals surface area (Å²) in [5.41, 5.74) is 0.898. The highest BCUT2D eigenvalue weighted by atomic mass is 16.4. The monoisotopic (exact) mass is 152 g/mol. The SMILES string of the molecule is C\C=C/C(/C=C/C(=O)O)=C\C. The second kappa shape index (κ2) is 5.47. The molecule has 0 aromatic rings. The summed E-state index contributed by atoms with van der Waals surface area (Å²) in [5, 5.41) is 8.29. The maximum absolute atomic E-state index is 10.1. The number of hydrogen-bond acceptors (Lipinski definition) is 1. The fourth-order valence-corrected chi connectivity index (χ4v) is 0.608. The van der Waals surface area contributed by atoms with Crippen LogP contribution in [0.5, 0.6) is 0 Å². The molecule has 0 aliphatic heterocycles. The van der Waals surface area contributed by atoms with Crippen LogP contribution in [-0.4, -0.2) is 11.1 Å². The van der Waals surface area contributed by atoms with E-state index in [2.05, 4.69) is 0 Å². The standard InChI is InChI=1S/C9H12O2/c1-3-5-8(4-2)6-7-9(10)11/h3-7H,1-2H3,(H,10,11)/b5-3-,7-6+,8-4+. The molecule has 0 unspecified atom stereocenters. The van der Waals surface area contributed by atoms with E-state index in [1.54, 1.807) is 6.08 Å². The van der Waals surface area contributed by atoms with E-state index in [4.69, 9.17) is 5.11 Å². The van der Waals surface area contributed by atoms with Crippen molar-refractivity contribution < 1.29 is 9.90 Å². The molecule has 0 rings (SSSR count). The molecule has 2 heteroatoms. The zero-order valence-corrected chi connectivity index (χ0v) is 6.74. The Hall–Kier alpha value is -1.31. The first kappa shape index (κ1) is 9.69. The van der Waals surface area contributed by atoms with Gasteiger partial charge in [-0.15, -0.1) is 0 Å². The van der Waals surface area contributed by atoms with Gasteiger partial charge in [-0.1, -0.05) is 18.2 Å². The third-order valence-electron chi connectivity index (χ3n) is 1.11. The summed E-state index contributed by atoms with van der Waals surface area (Å²) in [7, 11) is 0. The Morgan fingerprint density at radius 3 is 2.18 bits per heavy atom. The first-order valence-corrected chi connectivity index (χ1v) is 3.40. The Morgan fingerprint density at radius 1 is 1.18 bits per heavy atom. The van der Waals surface area contributed by atoms with E-state index in [9.17, 15) is 4.79 Å². The minimum absolute atomic E-state index is 0.898. The van der Waals surface area contributed by atoms with Crippen LogP contribution in [0.3, 0.4) is 0 Å². The van der Waals surface area contributed by atoms with E-state index in [1.807, 2.05) is 32.1 Å². The van der Waals surface area contributed by atoms with Gasteiger partial charge < -0.3 is 5.11 Å². The Kier molecular flexibility index (Phi) is 4.82. The molecule has 0 saturated carbocycles. The van der Waals surface area contributed by atoms with Crippen LogP contribution in [0.1, 0.15) is 13.8 Å². The summed E-state index contributed by atoms with van der Waals surface area (Å²) >= 11 is 0. The molecule has 0 aliphatic carbocycles. The van der Waals surface area contributed by atoms with Gasteiger partial charge in [0.1, 0.15) is 0 Å². The highest BCUT2D eigenvalue weighted by Gasteiger charge is 1.86. The smallest absolute Gasteiger partial charge is 0.328 e. The second-order valence-corrected chi connectivity index (χ2v) is 1.96. The van der Waals surface area contributed by atoms with Crippen LogP contribution in [-0.2, 0) is 4.79 Å². The third kappa shape index (κ3) is 5.15. The van der Waals surface area contributed by atoms with Gasteiger partial charge in [0.05, 0.1) is 0 Å². The highest BCUT2D eigenvalue weighted by molar-refractivity contribution is 5.80. The molecular weight excluding hydrogens is 140 g/mol. The number of rotatable bonds is 3. The molecule has 0 atom stereocenters. The molecule has 0 saturated heterocycles. The predicted octanol–water partition coefficient (Wildman–Crippen LogP) is 2.15. The van der Waals surface area contributed by atoms with Crippen molar-refractivity contribution >= 4 is 5.97 Å². The average molecular weight is 152 g/mol. The molecule has 0 fully saturated rings. The molecule has 0 aliphatic rings. The largest absolute Gasteiger partial charge is 0.478 e. The van der Waals surface area contributed by atoms with Crippen LogP contribution in [0.4, 0.5) is 0 Å². The summed E-state index contributed by atoms with van der Waals surface area (Å²) < 4.78 is 0. The fourth-order valence-electron chi connectivity index (χ4n) is 0.608. The number of carboxylic acid groups (broad SMARTS) is 1. The lowest BCUT2D eigenvalue weighted by Gasteiger charge is -1.88. The topological polar surface area (TPSA) is 37.3 Å². The van der Waals surface area contributed by atoms with Gasteiger partial charge in [0.25, 0.3) is 0 Å². The minimum Gasteiger partial charge on any atom is -0.478 e. The van der Waals surface area contributed by atoms with Gasteiger partial charge in [-0.2, -0.15) is 0 Å². The van der Waals surface area contributed by atoms with Crippen LogP contribution >= 0.6 is 0 Å². The van der Waals surface area contributed by atoms with Crippen molar-refractivity contribution in [3.8, 4) is 0 Å². The number of carbonyl (C=O) groups is 1. The average Bonchev–Trinajstić information content (AvgIpc) is 1.97. The van der Waals surface area contributed by atoms with Crippen LogP contribution < -0.4 is 0 Å². The van der Waals surface area contributed by atoms with E-state index < -0.39 is 5.97 Å². The van der Waals surface area contributed by atoms with Gasteiger partial charge in [0, 0.05) is 6.08 Å². The number of carboxylic acids is 1. The van der Waals surface area contributed by atoms with Crippen molar-refractivity contribution in [2.24, 2.45) is 0 Å². The van der Waals surface area contributed by atoms with Crippen molar-refractivity contribution in [1.82, 2.24) is 0 Å². The van der Waals surface area contributed by atoms with Gasteiger partial charge >= 0.3 is 5.97 Å². The first-order chi connectivity index (χ1) is 5.20. The van der Waals surface area contributed by atoms with Gasteiger partial charge in [-0.05, 0) is 25.5 Å². The third-order valence-corrected chi connectivity index (χ3v) is 1.11. The molecule has 1 N–H and O–H groups in total. The summed E-state index contributed by atoms with van der Waals surface area (Å²) in [6.45, 7) is 3.75. The molecule has 11 heavy (non-hydrogen) atoms. The molecular formula is C9H12O2. The molecule has 0 aromatic heterocycles. The highest BCUT2D eigenvalue weighted by Crippen LogP contribution is 1.98. The van der Waals surface area contributed by atoms with Crippen molar-refractivity contribution in [2.75, 3.05) is 0 Å². The number of aliphatic carboxylic acids is 1. The van der Waals surface area contributed by atoms with Crippen LogP contribution in [0.25, 0.3) is 0 Å². The normalized spacial score (nSPS) is 13.1. The Labute approximate surface area is 66.5 Å². The van der Waals surface area contributed by atoms with E-state index >= 15 is 0 Å². The molecule has 0 aromatic carbocycles. The van der Waals surface area contributed by atoms with E-state index in [1.165, 1.54) is 0 Å². The van der Waals surface area contributed by atoms with Crippen LogP contribution in [0.2, 0.25) is 0 Å². The summed E-state index contributed by atoms with van der Waals surface area (Å²) in [4.78, 5) is 10.1. The molecule has 2 nitrogen and oxygen atoms in total. The molecule has 0 spiro atoms. The number of allylic oxidation sites excluding steroid dienone is 5. The fraction of sp³-hybridized carbons (Fsp3) is 0.222. The molecule has 0 radical (unpaired) electrons. The lowest BCUT2D eigenvalue weighted by molar-refractivity contribution is -0.131. The maximum Gasteiger partial charge on any atom is 0.328 e. The first-order valence-electron chi connectivity index (χ1n) is 3.40. The van der Waals surface area contributed by atoms with Gasteiger partial charge in [-0.3, -0.25) is 0 Å². The van der Waals surface area contributed by atoms with E-state index in [-0.39, 0.29) is 0 Å². The van der Waals surface area contributed by atoms with Crippen molar-refractivity contribution in [2.45, 2.75) is 13.8 Å². The zero-order chi connectivity index (χ0) is 8.69. The van der Waals surface area contributed by atoms with Crippen molar-refractivity contribution in [1.29, 1.82) is 0 Å². The number of hydrogen-bond donors (Lipinski definition) is 1. The van der Waals surface area contributed by atoms with E-state index in [0.717, 1.165) is 11.6 Å². The second-order valence-electron chi connectivity index (χ2n) is 1.96. The van der Waals surface area contributed by atoms with Gasteiger partial charge in [0.2, 0.25) is 0 Å². The van der Waals surface area contributed by atoms with Gasteiger partial charge in [0.15, 0.2) is 0 Å². The Bertz CT molecular complexity index is 210. The molecule has 60 valence electrons. The minimum atomic E-state index is -0.922. The Balaban J connectivity index is 4.21. The molecule has 0 amide bonds. The van der Waals surface area contributed by atoms with Crippen LogP contribution in [0, 0.1) is 0 Å². The van der Waals surface area contributed by atoms with E-state index in [0.29, 0.717) is 0 Å². The molecule has 0 heterocycles. The lowest BCUT2D eigenvalue weighted by Crippen LogP contribution is -1.85. The van der Waals surface area contributed by atoms with Crippen molar-refractivity contribution in [3.63, 3.8) is 0 Å². The predicted molar refractivity (Wildman–Crippen MR) is 45.3 cm³/mol. The zero-order valence-electron chi connectivity index (χ0n) is 6.74. The van der Waals surface area contributed by atoms with Gasteiger partial charge in [-0.25, -0.2) is 4.79 Å². The maximum atomic E-state index is 10.1. The summed E-state index contributed by atoms with van der Waals surface area (Å²) in [6, 6.07) is 0. The summed E-state index contributed by atoms with van der Waals surface area (Å²) in [6.07, 6.45) is 8.23. The quantitative estimate of drug-likeness (QED) is 0.497. The Morgan fingerprint density at radius 2 is 1.82 bits per heavy atom. The summed E-state index contributed by atoms with van der Waals surface area (Å²) in [5.74, 6) is -0.922. The van der Waals surface area contributed by atoms with Crippen LogP contribution in [0.15, 0.2) is 36.0 Å². The van der Waals surface area contributed by atoms with Crippen molar-refractivity contribution in [3.05, 3.63) is 36.0 Å².